The Labute approximate surface area is 130 Å². The summed E-state index contributed by atoms with van der Waals surface area (Å²) in [6, 6.07) is 14.1. The van der Waals surface area contributed by atoms with E-state index >= 15 is 0 Å². The molecule has 0 radical (unpaired) electrons. The van der Waals surface area contributed by atoms with E-state index in [-0.39, 0.29) is 11.9 Å². The standard InChI is InChI=1S/C18H19NO3/c1-3-4-17(20)22-16-11-7-14(8-12-16)18(21)19-15-9-5-13(2)6-10-15/h5-12H,3-4H2,1-2H3,(H,19,21). The number of carbonyl (C=O) groups is 2. The van der Waals surface area contributed by atoms with Crippen molar-refractivity contribution >= 4 is 17.6 Å². The molecule has 4 nitrogen and oxygen atoms in total. The number of rotatable bonds is 5. The number of aryl methyl sites for hydroxylation is 1. The minimum atomic E-state index is -0.264. The molecule has 0 aromatic heterocycles. The molecule has 0 bridgehead atoms. The average Bonchev–Trinajstić information content (AvgIpc) is 2.50. The molecule has 0 spiro atoms. The molecular weight excluding hydrogens is 278 g/mol. The maximum Gasteiger partial charge on any atom is 0.311 e. The van der Waals surface area contributed by atoms with Gasteiger partial charge >= 0.3 is 5.97 Å². The molecule has 0 aliphatic rings. The molecule has 0 aliphatic carbocycles. The fourth-order valence-corrected chi connectivity index (χ4v) is 1.90. The Morgan fingerprint density at radius 1 is 1.00 bits per heavy atom. The lowest BCUT2D eigenvalue weighted by Gasteiger charge is -2.07. The van der Waals surface area contributed by atoms with E-state index in [4.69, 9.17) is 4.74 Å². The van der Waals surface area contributed by atoms with E-state index in [0.717, 1.165) is 17.7 Å². The van der Waals surface area contributed by atoms with Crippen LogP contribution in [0.1, 0.15) is 35.7 Å². The van der Waals surface area contributed by atoms with Gasteiger partial charge in [0, 0.05) is 17.7 Å². The molecule has 2 rings (SSSR count). The summed E-state index contributed by atoms with van der Waals surface area (Å²) in [5, 5.41) is 2.82. The summed E-state index contributed by atoms with van der Waals surface area (Å²) in [6.07, 6.45) is 1.13. The van der Waals surface area contributed by atoms with Gasteiger partial charge < -0.3 is 10.1 Å². The Morgan fingerprint density at radius 2 is 1.64 bits per heavy atom. The second kappa shape index (κ2) is 7.41. The third kappa shape index (κ3) is 4.45. The number of amides is 1. The first-order chi connectivity index (χ1) is 10.6. The number of hydrogen-bond acceptors (Lipinski definition) is 3. The Hall–Kier alpha value is -2.62. The van der Waals surface area contributed by atoms with Crippen molar-refractivity contribution < 1.29 is 14.3 Å². The Kier molecular flexibility index (Phi) is 5.31. The number of nitrogens with one attached hydrogen (secondary N) is 1. The van der Waals surface area contributed by atoms with Crippen molar-refractivity contribution in [3.8, 4) is 5.75 Å². The van der Waals surface area contributed by atoms with Crippen LogP contribution >= 0.6 is 0 Å². The van der Waals surface area contributed by atoms with Crippen molar-refractivity contribution in [2.75, 3.05) is 5.32 Å². The van der Waals surface area contributed by atoms with Crippen molar-refractivity contribution in [1.82, 2.24) is 0 Å². The van der Waals surface area contributed by atoms with E-state index in [1.165, 1.54) is 0 Å². The van der Waals surface area contributed by atoms with Crippen LogP contribution in [0.25, 0.3) is 0 Å². The molecule has 2 aromatic rings. The highest BCUT2D eigenvalue weighted by Gasteiger charge is 2.08. The van der Waals surface area contributed by atoms with E-state index < -0.39 is 0 Å². The molecule has 0 fully saturated rings. The van der Waals surface area contributed by atoms with Crippen LogP contribution in [-0.4, -0.2) is 11.9 Å². The minimum Gasteiger partial charge on any atom is -0.427 e. The van der Waals surface area contributed by atoms with Gasteiger partial charge in [-0.2, -0.15) is 0 Å². The topological polar surface area (TPSA) is 55.4 Å². The Balaban J connectivity index is 1.98. The monoisotopic (exact) mass is 297 g/mol. The van der Waals surface area contributed by atoms with E-state index in [1.54, 1.807) is 24.3 Å². The summed E-state index contributed by atoms with van der Waals surface area (Å²) in [6.45, 7) is 3.91. The average molecular weight is 297 g/mol. The number of carbonyl (C=O) groups excluding carboxylic acids is 2. The van der Waals surface area contributed by atoms with Gasteiger partial charge in [-0.1, -0.05) is 24.6 Å². The molecule has 0 heterocycles. The maximum atomic E-state index is 12.1. The largest absolute Gasteiger partial charge is 0.427 e. The maximum absolute atomic E-state index is 12.1. The minimum absolute atomic E-state index is 0.199. The predicted octanol–water partition coefficient (Wildman–Crippen LogP) is 3.95. The van der Waals surface area contributed by atoms with Gasteiger partial charge in [0.2, 0.25) is 0 Å². The van der Waals surface area contributed by atoms with Crippen LogP contribution < -0.4 is 10.1 Å². The number of benzene rings is 2. The second-order valence-electron chi connectivity index (χ2n) is 5.07. The normalized spacial score (nSPS) is 10.1. The van der Waals surface area contributed by atoms with Crippen LogP contribution in [0.2, 0.25) is 0 Å². The first kappa shape index (κ1) is 15.8. The summed E-state index contributed by atoms with van der Waals surface area (Å²) in [7, 11) is 0. The number of anilines is 1. The van der Waals surface area contributed by atoms with Crippen molar-refractivity contribution in [2.45, 2.75) is 26.7 Å². The summed E-state index contributed by atoms with van der Waals surface area (Å²) >= 11 is 0. The molecule has 22 heavy (non-hydrogen) atoms. The molecular formula is C18H19NO3. The lowest BCUT2D eigenvalue weighted by Crippen LogP contribution is -2.12. The van der Waals surface area contributed by atoms with Crippen LogP contribution in [0.15, 0.2) is 48.5 Å². The van der Waals surface area contributed by atoms with Crippen LogP contribution in [0.5, 0.6) is 5.75 Å². The molecule has 0 unspecified atom stereocenters. The molecule has 2 aromatic carbocycles. The van der Waals surface area contributed by atoms with E-state index in [1.807, 2.05) is 38.1 Å². The van der Waals surface area contributed by atoms with Gasteiger partial charge in [0.25, 0.3) is 5.91 Å². The molecule has 4 heteroatoms. The van der Waals surface area contributed by atoms with Crippen LogP contribution in [0.4, 0.5) is 5.69 Å². The summed E-state index contributed by atoms with van der Waals surface area (Å²) < 4.78 is 5.15. The molecule has 1 N–H and O–H groups in total. The molecule has 0 aliphatic heterocycles. The van der Waals surface area contributed by atoms with Crippen molar-refractivity contribution in [2.24, 2.45) is 0 Å². The first-order valence-electron chi connectivity index (χ1n) is 7.27. The van der Waals surface area contributed by atoms with Crippen LogP contribution in [-0.2, 0) is 4.79 Å². The highest BCUT2D eigenvalue weighted by atomic mass is 16.5. The summed E-state index contributed by atoms with van der Waals surface area (Å²) in [4.78, 5) is 23.5. The molecule has 114 valence electrons. The first-order valence-corrected chi connectivity index (χ1v) is 7.27. The van der Waals surface area contributed by atoms with Gasteiger partial charge in [-0.15, -0.1) is 0 Å². The number of esters is 1. The van der Waals surface area contributed by atoms with Gasteiger partial charge in [0.1, 0.15) is 5.75 Å². The van der Waals surface area contributed by atoms with E-state index in [0.29, 0.717) is 17.7 Å². The third-order valence-corrected chi connectivity index (χ3v) is 3.11. The van der Waals surface area contributed by atoms with Crippen LogP contribution in [0, 0.1) is 6.92 Å². The Bertz CT molecular complexity index is 645. The quantitative estimate of drug-likeness (QED) is 0.671. The fourth-order valence-electron chi connectivity index (χ4n) is 1.90. The molecule has 0 saturated carbocycles. The van der Waals surface area contributed by atoms with Gasteiger partial charge in [-0.25, -0.2) is 0 Å². The zero-order valence-corrected chi connectivity index (χ0v) is 12.8. The number of ether oxygens (including phenoxy) is 1. The Morgan fingerprint density at radius 3 is 2.23 bits per heavy atom. The lowest BCUT2D eigenvalue weighted by atomic mass is 10.2. The molecule has 0 saturated heterocycles. The number of hydrogen-bond donors (Lipinski definition) is 1. The predicted molar refractivity (Wildman–Crippen MR) is 86.1 cm³/mol. The van der Waals surface area contributed by atoms with Gasteiger partial charge in [0.05, 0.1) is 0 Å². The zero-order chi connectivity index (χ0) is 15.9. The zero-order valence-electron chi connectivity index (χ0n) is 12.8. The second-order valence-corrected chi connectivity index (χ2v) is 5.07. The highest BCUT2D eigenvalue weighted by Crippen LogP contribution is 2.15. The van der Waals surface area contributed by atoms with Crippen molar-refractivity contribution in [1.29, 1.82) is 0 Å². The van der Waals surface area contributed by atoms with Gasteiger partial charge in [-0.05, 0) is 49.7 Å². The van der Waals surface area contributed by atoms with Gasteiger partial charge in [-0.3, -0.25) is 9.59 Å². The SMILES string of the molecule is CCCC(=O)Oc1ccc(C(=O)Nc2ccc(C)cc2)cc1. The van der Waals surface area contributed by atoms with Crippen molar-refractivity contribution in [3.05, 3.63) is 59.7 Å². The lowest BCUT2D eigenvalue weighted by molar-refractivity contribution is -0.134. The third-order valence-electron chi connectivity index (χ3n) is 3.11. The molecule has 1 amide bonds. The molecule has 0 atom stereocenters. The van der Waals surface area contributed by atoms with E-state index in [9.17, 15) is 9.59 Å². The van der Waals surface area contributed by atoms with E-state index in [2.05, 4.69) is 5.32 Å². The smallest absolute Gasteiger partial charge is 0.311 e. The van der Waals surface area contributed by atoms with Crippen LogP contribution in [0.3, 0.4) is 0 Å². The fraction of sp³-hybridized carbons (Fsp3) is 0.222. The summed E-state index contributed by atoms with van der Waals surface area (Å²) in [5.74, 6) is -0.0139. The highest BCUT2D eigenvalue weighted by molar-refractivity contribution is 6.04. The van der Waals surface area contributed by atoms with Crippen molar-refractivity contribution in [3.63, 3.8) is 0 Å². The van der Waals surface area contributed by atoms with Gasteiger partial charge in [0.15, 0.2) is 0 Å². The summed E-state index contributed by atoms with van der Waals surface area (Å²) in [5.41, 5.74) is 2.39.